The molecule has 0 heterocycles. The van der Waals surface area contributed by atoms with E-state index in [0.717, 1.165) is 18.2 Å². The molecule has 4 nitrogen and oxygen atoms in total. The Labute approximate surface area is 130 Å². The fourth-order valence-electron chi connectivity index (χ4n) is 2.14. The lowest BCUT2D eigenvalue weighted by molar-refractivity contribution is -0.137. The second-order valence-electron chi connectivity index (χ2n) is 4.96. The maximum atomic E-state index is 12.5. The molecule has 1 aromatic carbocycles. The maximum Gasteiger partial charge on any atom is 0.416 e. The average molecular weight is 335 g/mol. The predicted molar refractivity (Wildman–Crippen MR) is 76.7 cm³/mol. The third-order valence-electron chi connectivity index (χ3n) is 3.27. The Kier molecular flexibility index (Phi) is 4.97. The van der Waals surface area contributed by atoms with Crippen LogP contribution in [0.2, 0.25) is 5.02 Å². The second-order valence-corrected chi connectivity index (χ2v) is 5.37. The van der Waals surface area contributed by atoms with Gasteiger partial charge in [-0.15, -0.1) is 0 Å². The lowest BCUT2D eigenvalue weighted by Crippen LogP contribution is -2.36. The van der Waals surface area contributed by atoms with E-state index < -0.39 is 17.8 Å². The summed E-state index contributed by atoms with van der Waals surface area (Å²) in [5.41, 5.74) is -0.791. The molecule has 2 atom stereocenters. The van der Waals surface area contributed by atoms with Crippen molar-refractivity contribution in [3.8, 4) is 0 Å². The molecule has 0 saturated carbocycles. The van der Waals surface area contributed by atoms with Crippen molar-refractivity contribution < 1.29 is 23.1 Å². The van der Waals surface area contributed by atoms with Crippen molar-refractivity contribution in [1.82, 2.24) is 5.32 Å². The molecule has 1 aliphatic carbocycles. The molecule has 2 amide bonds. The van der Waals surface area contributed by atoms with Gasteiger partial charge >= 0.3 is 12.2 Å². The summed E-state index contributed by atoms with van der Waals surface area (Å²) >= 11 is 5.75. The van der Waals surface area contributed by atoms with Crippen molar-refractivity contribution in [1.29, 1.82) is 0 Å². The number of carbonyl (C=O) groups excluding carboxylic acids is 1. The van der Waals surface area contributed by atoms with Gasteiger partial charge in [0.05, 0.1) is 16.3 Å². The molecule has 0 saturated heterocycles. The SMILES string of the molecule is O=C(Nc1ccc(C(F)(F)F)cc1Cl)N[C@@H]1C=C[C@H](CO)C1. The number of urea groups is 1. The molecule has 0 radical (unpaired) electrons. The van der Waals surface area contributed by atoms with Gasteiger partial charge in [0.25, 0.3) is 0 Å². The number of alkyl halides is 3. The molecule has 22 heavy (non-hydrogen) atoms. The highest BCUT2D eigenvalue weighted by molar-refractivity contribution is 6.33. The van der Waals surface area contributed by atoms with Crippen LogP contribution in [0.15, 0.2) is 30.4 Å². The number of anilines is 1. The van der Waals surface area contributed by atoms with Crippen molar-refractivity contribution >= 4 is 23.3 Å². The first-order chi connectivity index (χ1) is 10.3. The first-order valence-corrected chi connectivity index (χ1v) is 6.91. The molecule has 8 heteroatoms. The van der Waals surface area contributed by atoms with Crippen LogP contribution < -0.4 is 10.6 Å². The molecule has 2 rings (SSSR count). The van der Waals surface area contributed by atoms with Crippen LogP contribution in [0.3, 0.4) is 0 Å². The Morgan fingerprint density at radius 2 is 2.09 bits per heavy atom. The number of carbonyl (C=O) groups is 1. The van der Waals surface area contributed by atoms with E-state index in [1.54, 1.807) is 12.2 Å². The molecule has 0 unspecified atom stereocenters. The van der Waals surface area contributed by atoms with E-state index >= 15 is 0 Å². The van der Waals surface area contributed by atoms with Gasteiger partial charge in [-0.05, 0) is 24.6 Å². The van der Waals surface area contributed by atoms with Gasteiger partial charge in [-0.1, -0.05) is 23.8 Å². The zero-order chi connectivity index (χ0) is 16.3. The number of hydrogen-bond acceptors (Lipinski definition) is 2. The molecule has 0 spiro atoms. The summed E-state index contributed by atoms with van der Waals surface area (Å²) in [5, 5.41) is 13.8. The Bertz CT molecular complexity index is 590. The lowest BCUT2D eigenvalue weighted by Gasteiger charge is -2.15. The number of nitrogens with one attached hydrogen (secondary N) is 2. The number of halogens is 4. The van der Waals surface area contributed by atoms with Crippen LogP contribution >= 0.6 is 11.6 Å². The number of aliphatic hydroxyl groups excluding tert-OH is 1. The van der Waals surface area contributed by atoms with Crippen LogP contribution in [0.4, 0.5) is 23.7 Å². The fraction of sp³-hybridized carbons (Fsp3) is 0.357. The van der Waals surface area contributed by atoms with E-state index in [2.05, 4.69) is 10.6 Å². The van der Waals surface area contributed by atoms with Gasteiger partial charge in [0.1, 0.15) is 0 Å². The number of aliphatic hydroxyl groups is 1. The van der Waals surface area contributed by atoms with E-state index in [1.807, 2.05) is 0 Å². The zero-order valence-electron chi connectivity index (χ0n) is 11.3. The van der Waals surface area contributed by atoms with E-state index in [4.69, 9.17) is 16.7 Å². The van der Waals surface area contributed by atoms with Crippen LogP contribution in [-0.4, -0.2) is 23.8 Å². The van der Waals surface area contributed by atoms with E-state index in [-0.39, 0.29) is 29.3 Å². The standard InChI is InChI=1S/C14H14ClF3N2O2/c15-11-6-9(14(16,17)18)2-4-12(11)20-13(22)19-10-3-1-8(5-10)7-21/h1-4,6,8,10,21H,5,7H2,(H2,19,20,22)/t8-,10+/m0/s1. The van der Waals surface area contributed by atoms with E-state index in [0.29, 0.717) is 6.42 Å². The zero-order valence-corrected chi connectivity index (χ0v) is 12.1. The quantitative estimate of drug-likeness (QED) is 0.742. The van der Waals surface area contributed by atoms with Crippen LogP contribution in [0, 0.1) is 5.92 Å². The normalized spacial score (nSPS) is 21.0. The smallest absolute Gasteiger partial charge is 0.396 e. The molecule has 0 aliphatic heterocycles. The second kappa shape index (κ2) is 6.58. The highest BCUT2D eigenvalue weighted by Crippen LogP contribution is 2.33. The van der Waals surface area contributed by atoms with Gasteiger partial charge in [0.15, 0.2) is 0 Å². The van der Waals surface area contributed by atoms with Gasteiger partial charge in [0.2, 0.25) is 0 Å². The minimum atomic E-state index is -4.49. The molecular formula is C14H14ClF3N2O2. The van der Waals surface area contributed by atoms with Crippen LogP contribution in [-0.2, 0) is 6.18 Å². The topological polar surface area (TPSA) is 61.4 Å². The summed E-state index contributed by atoms with van der Waals surface area (Å²) in [6.07, 6.45) is -0.353. The van der Waals surface area contributed by atoms with Gasteiger partial charge in [-0.3, -0.25) is 0 Å². The molecule has 1 aromatic rings. The van der Waals surface area contributed by atoms with Gasteiger partial charge < -0.3 is 15.7 Å². The Balaban J connectivity index is 1.96. The highest BCUT2D eigenvalue weighted by Gasteiger charge is 2.31. The molecular weight excluding hydrogens is 321 g/mol. The first-order valence-electron chi connectivity index (χ1n) is 6.53. The third kappa shape index (κ3) is 4.14. The summed E-state index contributed by atoms with van der Waals surface area (Å²) < 4.78 is 37.5. The van der Waals surface area contributed by atoms with Gasteiger partial charge in [-0.2, -0.15) is 13.2 Å². The molecule has 0 bridgehead atoms. The minimum absolute atomic E-state index is 0.0000398. The summed E-state index contributed by atoms with van der Waals surface area (Å²) in [7, 11) is 0. The van der Waals surface area contributed by atoms with Crippen molar-refractivity contribution in [2.45, 2.75) is 18.6 Å². The van der Waals surface area contributed by atoms with Gasteiger partial charge in [-0.25, -0.2) is 4.79 Å². The summed E-state index contributed by atoms with van der Waals surface area (Å²) in [4.78, 5) is 11.8. The molecule has 120 valence electrons. The van der Waals surface area contributed by atoms with E-state index in [1.165, 1.54) is 0 Å². The number of hydrogen-bond donors (Lipinski definition) is 3. The number of benzene rings is 1. The molecule has 0 aromatic heterocycles. The van der Waals surface area contributed by atoms with E-state index in [9.17, 15) is 18.0 Å². The Morgan fingerprint density at radius 1 is 1.36 bits per heavy atom. The first kappa shape index (κ1) is 16.6. The highest BCUT2D eigenvalue weighted by atomic mass is 35.5. The Hall–Kier alpha value is -1.73. The van der Waals surface area contributed by atoms with Crippen molar-refractivity contribution in [3.63, 3.8) is 0 Å². The van der Waals surface area contributed by atoms with Crippen LogP contribution in [0.5, 0.6) is 0 Å². The van der Waals surface area contributed by atoms with Crippen molar-refractivity contribution in [2.24, 2.45) is 5.92 Å². The van der Waals surface area contributed by atoms with Gasteiger partial charge in [0, 0.05) is 18.6 Å². The molecule has 0 fully saturated rings. The largest absolute Gasteiger partial charge is 0.416 e. The van der Waals surface area contributed by atoms with Crippen molar-refractivity contribution in [2.75, 3.05) is 11.9 Å². The van der Waals surface area contributed by atoms with Crippen LogP contribution in [0.1, 0.15) is 12.0 Å². The predicted octanol–water partition coefficient (Wildman–Crippen LogP) is 3.42. The minimum Gasteiger partial charge on any atom is -0.396 e. The molecule has 3 N–H and O–H groups in total. The summed E-state index contributed by atoms with van der Waals surface area (Å²) in [6, 6.07) is 1.90. The third-order valence-corrected chi connectivity index (χ3v) is 3.58. The summed E-state index contributed by atoms with van der Waals surface area (Å²) in [6.45, 7) is 0.00102. The lowest BCUT2D eigenvalue weighted by atomic mass is 10.1. The summed E-state index contributed by atoms with van der Waals surface area (Å²) in [5.74, 6) is -0.0000398. The number of amides is 2. The maximum absolute atomic E-state index is 12.5. The average Bonchev–Trinajstić information content (AvgIpc) is 2.87. The van der Waals surface area contributed by atoms with Crippen molar-refractivity contribution in [3.05, 3.63) is 40.9 Å². The van der Waals surface area contributed by atoms with Crippen LogP contribution in [0.25, 0.3) is 0 Å². The Morgan fingerprint density at radius 3 is 2.64 bits per heavy atom. The fourth-order valence-corrected chi connectivity index (χ4v) is 2.36. The molecule has 1 aliphatic rings. The monoisotopic (exact) mass is 334 g/mol. The number of rotatable bonds is 3.